The third-order valence-corrected chi connectivity index (χ3v) is 5.70. The first-order chi connectivity index (χ1) is 12.7. The Labute approximate surface area is 190 Å². The van der Waals surface area contributed by atoms with E-state index in [4.69, 9.17) is 8.74 Å². The molecule has 0 saturated heterocycles. The monoisotopic (exact) mass is 424 g/mol. The van der Waals surface area contributed by atoms with E-state index in [2.05, 4.69) is 6.92 Å². The smallest absolute Gasteiger partial charge is 0.631 e. The van der Waals surface area contributed by atoms with Gasteiger partial charge >= 0.3 is 40.0 Å². The standard InChI is InChI=1S/C19H31NO6S.Na/c1-2-3-4-5-6-7-11-17(26-27(23,24)25)15-20(22)14-13-16-10-8-9-12-18(16)19(20)21;/h8-10,12,17,19,21H,2-7,11,13-15H2,1H3,(H,23,24,25);/q;+1. The van der Waals surface area contributed by atoms with E-state index in [1.807, 2.05) is 12.1 Å². The number of quaternary nitrogens is 1. The van der Waals surface area contributed by atoms with Crippen LogP contribution in [0, 0.1) is 5.21 Å². The van der Waals surface area contributed by atoms with Crippen LogP contribution in [-0.4, -0.2) is 41.9 Å². The number of aliphatic hydroxyl groups is 1. The molecule has 1 heterocycles. The molecule has 0 bridgehead atoms. The summed E-state index contributed by atoms with van der Waals surface area (Å²) in [7, 11) is -4.66. The van der Waals surface area contributed by atoms with E-state index in [0.717, 1.165) is 37.7 Å². The van der Waals surface area contributed by atoms with Crippen molar-refractivity contribution in [3.8, 4) is 0 Å². The molecule has 3 atom stereocenters. The summed E-state index contributed by atoms with van der Waals surface area (Å²) in [6, 6.07) is 7.22. The number of fused-ring (bicyclic) bond motifs is 1. The van der Waals surface area contributed by atoms with Crippen molar-refractivity contribution < 1.29 is 56.5 Å². The average Bonchev–Trinajstić information content (AvgIpc) is 2.60. The molecule has 1 aliphatic rings. The summed E-state index contributed by atoms with van der Waals surface area (Å²) in [5.41, 5.74) is 1.50. The fourth-order valence-electron chi connectivity index (χ4n) is 3.73. The predicted molar refractivity (Wildman–Crippen MR) is 103 cm³/mol. The molecule has 9 heteroatoms. The van der Waals surface area contributed by atoms with E-state index >= 15 is 0 Å². The topological polar surface area (TPSA) is 107 Å². The fourth-order valence-corrected chi connectivity index (χ4v) is 4.23. The van der Waals surface area contributed by atoms with Crippen molar-refractivity contribution in [2.24, 2.45) is 0 Å². The maximum atomic E-state index is 13.2. The van der Waals surface area contributed by atoms with Crippen molar-refractivity contribution in [3.05, 3.63) is 40.6 Å². The molecule has 0 aromatic heterocycles. The van der Waals surface area contributed by atoms with Crippen LogP contribution in [0.3, 0.4) is 0 Å². The second-order valence-electron chi connectivity index (χ2n) is 7.38. The molecule has 0 saturated carbocycles. The largest absolute Gasteiger partial charge is 1.00 e. The van der Waals surface area contributed by atoms with Gasteiger partial charge < -0.3 is 15.0 Å². The fraction of sp³-hybridized carbons (Fsp3) is 0.684. The minimum absolute atomic E-state index is 0. The van der Waals surface area contributed by atoms with Crippen LogP contribution in [0.15, 0.2) is 24.3 Å². The van der Waals surface area contributed by atoms with Gasteiger partial charge in [-0.2, -0.15) is 8.42 Å². The van der Waals surface area contributed by atoms with Gasteiger partial charge in [-0.05, 0) is 12.0 Å². The number of rotatable bonds is 11. The second kappa shape index (κ2) is 12.0. The van der Waals surface area contributed by atoms with Gasteiger partial charge in [0.25, 0.3) is 0 Å². The van der Waals surface area contributed by atoms with Crippen LogP contribution in [0.5, 0.6) is 0 Å². The Balaban J connectivity index is 0.00000392. The van der Waals surface area contributed by atoms with E-state index < -0.39 is 27.4 Å². The third kappa shape index (κ3) is 8.01. The Morgan fingerprint density at radius 1 is 1.21 bits per heavy atom. The Bertz CT molecular complexity index is 701. The summed E-state index contributed by atoms with van der Waals surface area (Å²) >= 11 is 0. The maximum Gasteiger partial charge on any atom is 1.00 e. The van der Waals surface area contributed by atoms with Crippen molar-refractivity contribution in [1.82, 2.24) is 0 Å². The number of benzene rings is 1. The first-order valence-corrected chi connectivity index (χ1v) is 11.1. The molecule has 0 radical (unpaired) electrons. The van der Waals surface area contributed by atoms with E-state index in [0.29, 0.717) is 24.8 Å². The van der Waals surface area contributed by atoms with Gasteiger partial charge in [0.15, 0.2) is 0 Å². The molecule has 1 aromatic rings. The van der Waals surface area contributed by atoms with Gasteiger partial charge in [-0.15, -0.1) is 0 Å². The average molecular weight is 425 g/mol. The Morgan fingerprint density at radius 3 is 2.54 bits per heavy atom. The molecule has 3 unspecified atom stereocenters. The Kier molecular flexibility index (Phi) is 11.1. The molecule has 2 N–H and O–H groups in total. The number of hydrogen-bond donors (Lipinski definition) is 2. The van der Waals surface area contributed by atoms with Crippen LogP contribution >= 0.6 is 0 Å². The summed E-state index contributed by atoms with van der Waals surface area (Å²) in [5, 5.41) is 23.8. The number of hydroxylamine groups is 3. The molecule has 7 nitrogen and oxygen atoms in total. The van der Waals surface area contributed by atoms with Crippen LogP contribution in [0.25, 0.3) is 0 Å². The second-order valence-corrected chi connectivity index (χ2v) is 8.43. The molecule has 28 heavy (non-hydrogen) atoms. The zero-order chi connectivity index (χ0) is 19.9. The number of unbranched alkanes of at least 4 members (excludes halogenated alkanes) is 5. The minimum Gasteiger partial charge on any atom is -0.631 e. The van der Waals surface area contributed by atoms with Crippen molar-refractivity contribution in [1.29, 1.82) is 0 Å². The van der Waals surface area contributed by atoms with Gasteiger partial charge in [-0.1, -0.05) is 69.7 Å². The summed E-state index contributed by atoms with van der Waals surface area (Å²) in [4.78, 5) is 0. The Hall–Kier alpha value is -0.0300. The van der Waals surface area contributed by atoms with Crippen LogP contribution in [-0.2, 0) is 21.0 Å². The van der Waals surface area contributed by atoms with Gasteiger partial charge in [-0.25, -0.2) is 4.18 Å². The number of aliphatic hydroxyl groups excluding tert-OH is 1. The van der Waals surface area contributed by atoms with Crippen molar-refractivity contribution in [2.75, 3.05) is 13.1 Å². The van der Waals surface area contributed by atoms with Gasteiger partial charge in [0, 0.05) is 12.0 Å². The van der Waals surface area contributed by atoms with Crippen LogP contribution in [0.4, 0.5) is 0 Å². The normalized spacial score (nSPS) is 22.9. The zero-order valence-electron chi connectivity index (χ0n) is 16.9. The molecular weight excluding hydrogens is 393 g/mol. The van der Waals surface area contributed by atoms with Crippen LogP contribution < -0.4 is 29.6 Å². The third-order valence-electron chi connectivity index (χ3n) is 5.19. The van der Waals surface area contributed by atoms with Gasteiger partial charge in [-0.3, -0.25) is 4.55 Å². The number of nitrogens with zero attached hydrogens (tertiary/aromatic N) is 1. The SMILES string of the molecule is CCCCCCCCC(C[N+]1([O-])CCc2ccccc2C1O)OS(=O)(=O)O.[Na+]. The molecule has 0 aliphatic carbocycles. The van der Waals surface area contributed by atoms with Gasteiger partial charge in [0.2, 0.25) is 6.23 Å². The zero-order valence-corrected chi connectivity index (χ0v) is 19.7. The van der Waals surface area contributed by atoms with Gasteiger partial charge in [0.05, 0.1) is 6.54 Å². The van der Waals surface area contributed by atoms with Crippen molar-refractivity contribution in [3.63, 3.8) is 0 Å². The maximum absolute atomic E-state index is 13.2. The summed E-state index contributed by atoms with van der Waals surface area (Å²) in [6.07, 6.45) is 4.70. The molecule has 0 amide bonds. The van der Waals surface area contributed by atoms with Gasteiger partial charge in [0.1, 0.15) is 12.6 Å². The molecule has 1 aliphatic heterocycles. The molecule has 0 fully saturated rings. The molecule has 2 rings (SSSR count). The quantitative estimate of drug-likeness (QED) is 0.176. The molecule has 154 valence electrons. The first kappa shape index (κ1) is 26.0. The van der Waals surface area contributed by atoms with Crippen LogP contribution in [0.2, 0.25) is 0 Å². The summed E-state index contributed by atoms with van der Waals surface area (Å²) < 4.78 is 35.3. The minimum atomic E-state index is -4.66. The van der Waals surface area contributed by atoms with E-state index in [1.54, 1.807) is 12.1 Å². The Morgan fingerprint density at radius 2 is 1.86 bits per heavy atom. The summed E-state index contributed by atoms with van der Waals surface area (Å²) in [6.45, 7) is 2.06. The first-order valence-electron chi connectivity index (χ1n) is 9.74. The van der Waals surface area contributed by atoms with E-state index in [-0.39, 0.29) is 42.6 Å². The van der Waals surface area contributed by atoms with E-state index in [1.165, 1.54) is 0 Å². The van der Waals surface area contributed by atoms with Crippen LogP contribution in [0.1, 0.15) is 69.2 Å². The predicted octanol–water partition coefficient (Wildman–Crippen LogP) is 0.491. The van der Waals surface area contributed by atoms with E-state index in [9.17, 15) is 18.7 Å². The van der Waals surface area contributed by atoms with Crippen molar-refractivity contribution in [2.45, 2.75) is 70.6 Å². The molecule has 0 spiro atoms. The summed E-state index contributed by atoms with van der Waals surface area (Å²) in [5.74, 6) is 0. The molecule has 1 aromatic carbocycles. The van der Waals surface area contributed by atoms with Crippen molar-refractivity contribution >= 4 is 10.4 Å². The number of hydrogen-bond acceptors (Lipinski definition) is 5. The molecular formula is C19H31NNaO6S+.